The first-order chi connectivity index (χ1) is 30.2. The maximum absolute atomic E-state index is 14.0. The number of nitrogens with one attached hydrogen (secondary N) is 3. The van der Waals surface area contributed by atoms with E-state index in [1.165, 1.54) is 12.5 Å². The fourth-order valence-electron chi connectivity index (χ4n) is 11.3. The number of hydrogen-bond acceptors (Lipinski definition) is 10. The number of ether oxygens (including phenoxy) is 1. The number of pyridine rings is 1. The van der Waals surface area contributed by atoms with Crippen LogP contribution in [0.3, 0.4) is 0 Å². The number of thiocarbonyl (C=S) groups is 1. The van der Waals surface area contributed by atoms with Gasteiger partial charge in [0.2, 0.25) is 17.7 Å². The summed E-state index contributed by atoms with van der Waals surface area (Å²) in [4.78, 5) is 60.4. The Morgan fingerprint density at radius 2 is 1.84 bits per heavy atom. The molecular formula is C46H49F3N8O5S. The van der Waals surface area contributed by atoms with Crippen LogP contribution in [0.2, 0.25) is 0 Å². The number of rotatable bonds is 12. The van der Waals surface area contributed by atoms with Gasteiger partial charge in [0.15, 0.2) is 10.8 Å². The third-order valence-corrected chi connectivity index (χ3v) is 14.6. The zero-order chi connectivity index (χ0) is 44.2. The quantitative estimate of drug-likeness (QED) is 0.130. The van der Waals surface area contributed by atoms with E-state index in [1.54, 1.807) is 4.90 Å². The Balaban J connectivity index is 0.806. The number of imide groups is 1. The first kappa shape index (κ1) is 42.7. The molecule has 6 aliphatic rings. The number of amides is 4. The molecule has 2 aromatic carbocycles. The Kier molecular flexibility index (Phi) is 11.4. The summed E-state index contributed by atoms with van der Waals surface area (Å²) in [5, 5.41) is 18.0. The number of aromatic nitrogens is 1. The standard InChI is InChI=1S/C46H49F3N8O5S/c1-2-27-18-32(57-44(63)56(43(61)45(57)11-4-12-45)33-21-36(46(47,48)49)38(22-50)51-23-33)7-9-39(27)62-14-13-55-24-26-15-34-28(17-29(25-55)35(34)16-26)19-41(59)53-31-6-3-5-30(20-31)52-37-8-10-40(58)54-42(37)60/h3,5-7,9,18,20-21,23,26,28-29,34-35,37,52H,2,4,8,10-17,19,24-25H2,1H3,(H,53,59)(H,54,58,60)/t26?,28-,29?,34?,35?,37?/m0/s1. The molecule has 3 saturated heterocycles. The van der Waals surface area contributed by atoms with Crippen LogP contribution < -0.4 is 30.5 Å². The summed E-state index contributed by atoms with van der Waals surface area (Å²) in [6.45, 7) is 5.21. The molecule has 6 fully saturated rings. The highest BCUT2D eigenvalue weighted by Crippen LogP contribution is 2.56. The molecule has 13 nitrogen and oxygen atoms in total. The lowest BCUT2D eigenvalue weighted by Crippen LogP contribution is -2.55. The molecule has 4 heterocycles. The van der Waals surface area contributed by atoms with E-state index in [0.29, 0.717) is 85.4 Å². The van der Waals surface area contributed by atoms with Gasteiger partial charge in [0, 0.05) is 49.5 Å². The molecular weight excluding hydrogens is 834 g/mol. The zero-order valence-corrected chi connectivity index (χ0v) is 35.7. The molecule has 3 N–H and O–H groups in total. The number of carbonyl (C=O) groups excluding carboxylic acids is 4. The average molecular weight is 883 g/mol. The molecule has 330 valence electrons. The van der Waals surface area contributed by atoms with E-state index < -0.39 is 34.9 Å². The van der Waals surface area contributed by atoms with Gasteiger partial charge < -0.3 is 20.3 Å². The van der Waals surface area contributed by atoms with Gasteiger partial charge in [0.1, 0.15) is 30.0 Å². The van der Waals surface area contributed by atoms with Crippen molar-refractivity contribution >= 4 is 63.7 Å². The predicted octanol–water partition coefficient (Wildman–Crippen LogP) is 6.81. The minimum Gasteiger partial charge on any atom is -0.492 e. The molecule has 3 aliphatic carbocycles. The van der Waals surface area contributed by atoms with Crippen LogP contribution in [-0.2, 0) is 31.8 Å². The topological polar surface area (TPSA) is 160 Å². The SMILES string of the molecule is CCc1cc(N2C(=S)N(c3cnc(C#N)c(C(F)(F)F)c3)C(=O)C23CCC3)ccc1OCCN1CC2CC3C(C[C@@H](CC(=O)Nc4cccc(NC5CCC(=O)NC5=O)c4)C3C2)C1. The number of carbonyl (C=O) groups is 4. The molecule has 4 amide bonds. The largest absolute Gasteiger partial charge is 0.492 e. The van der Waals surface area contributed by atoms with Crippen LogP contribution in [0.4, 0.5) is 35.9 Å². The number of benzene rings is 2. The number of alkyl halides is 3. The fraction of sp³-hybridized carbons (Fsp3) is 0.500. The second-order valence-corrected chi connectivity index (χ2v) is 18.4. The Hall–Kier alpha value is -5.60. The maximum Gasteiger partial charge on any atom is 0.419 e. The number of likely N-dealkylation sites (tertiary alicyclic amines) is 1. The summed E-state index contributed by atoms with van der Waals surface area (Å²) in [5.74, 6) is 2.25. The first-order valence-electron chi connectivity index (χ1n) is 21.9. The third-order valence-electron chi connectivity index (χ3n) is 14.2. The van der Waals surface area contributed by atoms with Crippen molar-refractivity contribution in [3.05, 3.63) is 71.5 Å². The molecule has 3 aromatic rings. The number of piperidine rings is 1. The Labute approximate surface area is 368 Å². The van der Waals surface area contributed by atoms with Gasteiger partial charge in [-0.2, -0.15) is 18.4 Å². The lowest BCUT2D eigenvalue weighted by atomic mass is 9.75. The van der Waals surface area contributed by atoms with E-state index in [-0.39, 0.29) is 34.9 Å². The fourth-order valence-corrected chi connectivity index (χ4v) is 11.7. The van der Waals surface area contributed by atoms with Crippen molar-refractivity contribution in [2.24, 2.45) is 29.6 Å². The van der Waals surface area contributed by atoms with Crippen molar-refractivity contribution < 1.29 is 37.1 Å². The van der Waals surface area contributed by atoms with Crippen molar-refractivity contribution in [2.75, 3.05) is 46.7 Å². The van der Waals surface area contributed by atoms with E-state index in [1.807, 2.05) is 49.4 Å². The van der Waals surface area contributed by atoms with Gasteiger partial charge in [-0.3, -0.25) is 34.3 Å². The summed E-state index contributed by atoms with van der Waals surface area (Å²) in [7, 11) is 0. The number of aryl methyl sites for hydroxylation is 1. The summed E-state index contributed by atoms with van der Waals surface area (Å²) in [6.07, 6.45) is 3.12. The van der Waals surface area contributed by atoms with Gasteiger partial charge >= 0.3 is 6.18 Å². The summed E-state index contributed by atoms with van der Waals surface area (Å²) < 4.78 is 48.0. The Bertz CT molecular complexity index is 2400. The average Bonchev–Trinajstić information content (AvgIpc) is 3.83. The molecule has 6 atom stereocenters. The summed E-state index contributed by atoms with van der Waals surface area (Å²) >= 11 is 5.83. The number of anilines is 4. The maximum atomic E-state index is 14.0. The van der Waals surface area contributed by atoms with E-state index >= 15 is 0 Å². The van der Waals surface area contributed by atoms with Gasteiger partial charge in [-0.1, -0.05) is 13.0 Å². The monoisotopic (exact) mass is 882 g/mol. The molecule has 2 bridgehead atoms. The van der Waals surface area contributed by atoms with Gasteiger partial charge in [-0.15, -0.1) is 0 Å². The normalized spacial score (nSPS) is 26.3. The van der Waals surface area contributed by atoms with Crippen LogP contribution in [-0.4, -0.2) is 76.4 Å². The van der Waals surface area contributed by atoms with Crippen LogP contribution in [0, 0.1) is 40.9 Å². The van der Waals surface area contributed by atoms with E-state index in [0.717, 1.165) is 67.4 Å². The number of halogens is 3. The number of nitriles is 1. The van der Waals surface area contributed by atoms with Gasteiger partial charge in [-0.05, 0) is 141 Å². The lowest BCUT2D eigenvalue weighted by Gasteiger charge is -2.43. The first-order valence-corrected chi connectivity index (χ1v) is 22.3. The van der Waals surface area contributed by atoms with Gasteiger partial charge in [0.05, 0.1) is 17.4 Å². The van der Waals surface area contributed by atoms with Crippen LogP contribution in [0.25, 0.3) is 0 Å². The van der Waals surface area contributed by atoms with Crippen LogP contribution in [0.1, 0.15) is 81.5 Å². The zero-order valence-electron chi connectivity index (χ0n) is 34.9. The van der Waals surface area contributed by atoms with Crippen LogP contribution >= 0.6 is 12.2 Å². The molecule has 9 rings (SSSR count). The smallest absolute Gasteiger partial charge is 0.419 e. The molecule has 3 aliphatic heterocycles. The molecule has 63 heavy (non-hydrogen) atoms. The second-order valence-electron chi connectivity index (χ2n) is 18.0. The summed E-state index contributed by atoms with van der Waals surface area (Å²) in [6, 6.07) is 14.8. The lowest BCUT2D eigenvalue weighted by molar-refractivity contribution is -0.138. The van der Waals surface area contributed by atoms with Crippen molar-refractivity contribution in [1.29, 1.82) is 5.26 Å². The molecule has 5 unspecified atom stereocenters. The number of nitrogens with zero attached hydrogens (tertiary/aromatic N) is 5. The summed E-state index contributed by atoms with van der Waals surface area (Å²) in [5.41, 5.74) is -0.190. The second kappa shape index (κ2) is 16.8. The predicted molar refractivity (Wildman–Crippen MR) is 232 cm³/mol. The Morgan fingerprint density at radius 1 is 1.05 bits per heavy atom. The molecule has 17 heteroatoms. The highest BCUT2D eigenvalue weighted by Gasteiger charge is 2.60. The van der Waals surface area contributed by atoms with Crippen LogP contribution in [0.5, 0.6) is 5.75 Å². The highest BCUT2D eigenvalue weighted by atomic mass is 32.1. The molecule has 0 radical (unpaired) electrons. The van der Waals surface area contributed by atoms with Crippen LogP contribution in [0.15, 0.2) is 54.7 Å². The van der Waals surface area contributed by atoms with Gasteiger partial charge in [0.25, 0.3) is 5.91 Å². The molecule has 1 aromatic heterocycles. The molecule has 3 saturated carbocycles. The van der Waals surface area contributed by atoms with E-state index in [9.17, 15) is 37.6 Å². The highest BCUT2D eigenvalue weighted by molar-refractivity contribution is 7.81. The van der Waals surface area contributed by atoms with Crippen molar-refractivity contribution in [3.8, 4) is 11.8 Å². The van der Waals surface area contributed by atoms with E-state index in [4.69, 9.17) is 17.0 Å². The minimum absolute atomic E-state index is 0.00952. The molecule has 1 spiro atoms. The van der Waals surface area contributed by atoms with E-state index in [2.05, 4.69) is 25.8 Å². The third kappa shape index (κ3) is 8.12. The van der Waals surface area contributed by atoms with Crippen molar-refractivity contribution in [1.82, 2.24) is 15.2 Å². The number of hydrogen-bond donors (Lipinski definition) is 3. The minimum atomic E-state index is -4.84. The van der Waals surface area contributed by atoms with Gasteiger partial charge in [-0.25, -0.2) is 4.98 Å². The van der Waals surface area contributed by atoms with Crippen molar-refractivity contribution in [2.45, 2.75) is 88.9 Å². The Morgan fingerprint density at radius 3 is 2.57 bits per heavy atom. The van der Waals surface area contributed by atoms with Crippen molar-refractivity contribution in [3.63, 3.8) is 0 Å². The number of fused-ring (bicyclic) bond motifs is 1.